The quantitative estimate of drug-likeness (QED) is 0.757. The van der Waals surface area contributed by atoms with Gasteiger partial charge in [-0.25, -0.2) is 4.98 Å². The lowest BCUT2D eigenvalue weighted by Gasteiger charge is -2.27. The average molecular weight is 323 g/mol. The lowest BCUT2D eigenvalue weighted by molar-refractivity contribution is -0.134. The van der Waals surface area contributed by atoms with E-state index in [0.717, 1.165) is 19.3 Å². The third kappa shape index (κ3) is 5.69. The van der Waals surface area contributed by atoms with E-state index in [4.69, 9.17) is 4.42 Å². The molecule has 0 saturated carbocycles. The highest BCUT2D eigenvalue weighted by Crippen LogP contribution is 2.13. The van der Waals surface area contributed by atoms with E-state index in [1.807, 2.05) is 34.6 Å². The molecular weight excluding hydrogens is 294 g/mol. The molecule has 0 radical (unpaired) electrons. The molecule has 1 rings (SSSR count). The fourth-order valence-corrected chi connectivity index (χ4v) is 2.10. The van der Waals surface area contributed by atoms with Crippen molar-refractivity contribution in [3.05, 3.63) is 17.8 Å². The number of amides is 2. The largest absolute Gasteiger partial charge is 0.446 e. The van der Waals surface area contributed by atoms with Crippen molar-refractivity contribution in [3.8, 4) is 0 Å². The lowest BCUT2D eigenvalue weighted by atomic mass is 10.2. The molecule has 2 atom stereocenters. The van der Waals surface area contributed by atoms with Crippen molar-refractivity contribution in [2.75, 3.05) is 0 Å². The monoisotopic (exact) mass is 323 g/mol. The van der Waals surface area contributed by atoms with E-state index in [1.165, 1.54) is 6.26 Å². The zero-order valence-electron chi connectivity index (χ0n) is 14.9. The van der Waals surface area contributed by atoms with Gasteiger partial charge in [0.15, 0.2) is 5.69 Å². The molecule has 0 aliphatic heterocycles. The normalized spacial score (nSPS) is 13.4. The van der Waals surface area contributed by atoms with Crippen molar-refractivity contribution in [1.29, 1.82) is 0 Å². The molecule has 2 amide bonds. The van der Waals surface area contributed by atoms with Gasteiger partial charge in [0.05, 0.1) is 6.54 Å². The minimum absolute atomic E-state index is 0.0883. The summed E-state index contributed by atoms with van der Waals surface area (Å²) in [4.78, 5) is 30.3. The van der Waals surface area contributed by atoms with Crippen molar-refractivity contribution >= 4 is 11.8 Å². The van der Waals surface area contributed by atoms with Crippen LogP contribution in [0.2, 0.25) is 0 Å². The summed E-state index contributed by atoms with van der Waals surface area (Å²) in [5.41, 5.74) is 0.257. The van der Waals surface area contributed by atoms with Gasteiger partial charge in [-0.1, -0.05) is 20.8 Å². The molecule has 1 N–H and O–H groups in total. The van der Waals surface area contributed by atoms with E-state index >= 15 is 0 Å². The molecule has 1 heterocycles. The molecule has 0 unspecified atom stereocenters. The molecule has 6 nitrogen and oxygen atoms in total. The van der Waals surface area contributed by atoms with Gasteiger partial charge in [0.1, 0.15) is 6.26 Å². The van der Waals surface area contributed by atoms with E-state index in [1.54, 1.807) is 4.90 Å². The Kier molecular flexibility index (Phi) is 7.78. The fraction of sp³-hybridized carbons (Fsp3) is 0.706. The molecule has 0 fully saturated rings. The number of oxazole rings is 1. The second-order valence-corrected chi connectivity index (χ2v) is 5.94. The van der Waals surface area contributed by atoms with E-state index in [9.17, 15) is 9.59 Å². The van der Waals surface area contributed by atoms with Crippen LogP contribution in [0.1, 0.15) is 76.7 Å². The van der Waals surface area contributed by atoms with Crippen LogP contribution in [0.5, 0.6) is 0 Å². The van der Waals surface area contributed by atoms with Gasteiger partial charge in [-0.3, -0.25) is 9.59 Å². The number of hydrogen-bond acceptors (Lipinski definition) is 4. The number of nitrogens with zero attached hydrogens (tertiary/aromatic N) is 2. The summed E-state index contributed by atoms with van der Waals surface area (Å²) >= 11 is 0. The maximum Gasteiger partial charge on any atom is 0.273 e. The Hall–Kier alpha value is -1.85. The molecule has 1 aromatic heterocycles. The summed E-state index contributed by atoms with van der Waals surface area (Å²) in [6, 6.07) is 0.198. The average Bonchev–Trinajstić information content (AvgIpc) is 3.00. The summed E-state index contributed by atoms with van der Waals surface area (Å²) in [6.07, 6.45) is 4.37. The Morgan fingerprint density at radius 2 is 1.96 bits per heavy atom. The van der Waals surface area contributed by atoms with Crippen molar-refractivity contribution in [2.24, 2.45) is 0 Å². The van der Waals surface area contributed by atoms with Crippen LogP contribution in [0.25, 0.3) is 0 Å². The second-order valence-electron chi connectivity index (χ2n) is 5.94. The highest BCUT2D eigenvalue weighted by molar-refractivity contribution is 5.92. The van der Waals surface area contributed by atoms with Gasteiger partial charge in [-0.05, 0) is 33.1 Å². The van der Waals surface area contributed by atoms with Crippen molar-refractivity contribution < 1.29 is 14.0 Å². The maximum atomic E-state index is 12.3. The second kappa shape index (κ2) is 9.33. The van der Waals surface area contributed by atoms with E-state index < -0.39 is 0 Å². The van der Waals surface area contributed by atoms with Crippen molar-refractivity contribution in [1.82, 2.24) is 15.2 Å². The fourth-order valence-electron chi connectivity index (χ4n) is 2.10. The standard InChI is InChI=1S/C17H29N3O3/c1-6-9-16(21)20(13(5)8-3)10-15-19-14(11-23-15)17(22)18-12(4)7-2/h11-13H,6-10H2,1-5H3,(H,18,22)/t12-,13-/m0/s1. The molecule has 0 spiro atoms. The van der Waals surface area contributed by atoms with Gasteiger partial charge in [-0.2, -0.15) is 0 Å². The Morgan fingerprint density at radius 1 is 1.26 bits per heavy atom. The summed E-state index contributed by atoms with van der Waals surface area (Å²) < 4.78 is 5.39. The Morgan fingerprint density at radius 3 is 2.52 bits per heavy atom. The summed E-state index contributed by atoms with van der Waals surface area (Å²) in [5, 5.41) is 2.85. The van der Waals surface area contributed by atoms with Gasteiger partial charge < -0.3 is 14.6 Å². The first-order chi connectivity index (χ1) is 10.9. The van der Waals surface area contributed by atoms with Gasteiger partial charge >= 0.3 is 0 Å². The molecule has 1 aromatic rings. The zero-order chi connectivity index (χ0) is 17.4. The first-order valence-corrected chi connectivity index (χ1v) is 8.47. The molecule has 0 bridgehead atoms. The van der Waals surface area contributed by atoms with Crippen molar-refractivity contribution in [2.45, 2.75) is 78.9 Å². The molecule has 0 aliphatic carbocycles. The molecule has 0 saturated heterocycles. The number of carbonyl (C=O) groups excluding carboxylic acids is 2. The molecule has 6 heteroatoms. The SMILES string of the molecule is CCCC(=O)N(Cc1nc(C(=O)N[C@@H](C)CC)co1)[C@@H](C)CC. The molecule has 130 valence electrons. The lowest BCUT2D eigenvalue weighted by Crippen LogP contribution is -2.37. The van der Waals surface area contributed by atoms with Crippen LogP contribution in [0, 0.1) is 0 Å². The predicted octanol–water partition coefficient (Wildman–Crippen LogP) is 3.13. The van der Waals surface area contributed by atoms with E-state index in [-0.39, 0.29) is 29.6 Å². The van der Waals surface area contributed by atoms with Crippen LogP contribution in [-0.2, 0) is 11.3 Å². The topological polar surface area (TPSA) is 75.4 Å². The first-order valence-electron chi connectivity index (χ1n) is 8.47. The minimum Gasteiger partial charge on any atom is -0.446 e. The molecule has 23 heavy (non-hydrogen) atoms. The maximum absolute atomic E-state index is 12.3. The van der Waals surface area contributed by atoms with Gasteiger partial charge in [0, 0.05) is 18.5 Å². The van der Waals surface area contributed by atoms with Gasteiger partial charge in [0.25, 0.3) is 5.91 Å². The Balaban J connectivity index is 2.78. The van der Waals surface area contributed by atoms with E-state index in [0.29, 0.717) is 18.9 Å². The Labute approximate surface area is 138 Å². The predicted molar refractivity (Wildman–Crippen MR) is 88.9 cm³/mol. The van der Waals surface area contributed by atoms with E-state index in [2.05, 4.69) is 10.3 Å². The molecule has 0 aliphatic rings. The third-order valence-electron chi connectivity index (χ3n) is 3.99. The zero-order valence-corrected chi connectivity index (χ0v) is 14.9. The number of hydrogen-bond donors (Lipinski definition) is 1. The smallest absolute Gasteiger partial charge is 0.273 e. The van der Waals surface area contributed by atoms with Crippen LogP contribution < -0.4 is 5.32 Å². The van der Waals surface area contributed by atoms with Crippen LogP contribution in [0.4, 0.5) is 0 Å². The summed E-state index contributed by atoms with van der Waals surface area (Å²) in [7, 11) is 0. The number of rotatable bonds is 9. The number of carbonyl (C=O) groups is 2. The summed E-state index contributed by atoms with van der Waals surface area (Å²) in [6.45, 7) is 10.3. The highest BCUT2D eigenvalue weighted by atomic mass is 16.3. The van der Waals surface area contributed by atoms with Crippen LogP contribution in [-0.4, -0.2) is 33.8 Å². The third-order valence-corrected chi connectivity index (χ3v) is 3.99. The molecule has 0 aromatic carbocycles. The number of nitrogens with one attached hydrogen (secondary N) is 1. The van der Waals surface area contributed by atoms with Crippen molar-refractivity contribution in [3.63, 3.8) is 0 Å². The summed E-state index contributed by atoms with van der Waals surface area (Å²) in [5.74, 6) is 0.235. The number of aromatic nitrogens is 1. The minimum atomic E-state index is -0.246. The van der Waals surface area contributed by atoms with Crippen LogP contribution in [0.15, 0.2) is 10.7 Å². The highest BCUT2D eigenvalue weighted by Gasteiger charge is 2.22. The Bertz CT molecular complexity index is 513. The van der Waals surface area contributed by atoms with Crippen LogP contribution in [0.3, 0.4) is 0 Å². The van der Waals surface area contributed by atoms with Gasteiger partial charge in [-0.15, -0.1) is 0 Å². The van der Waals surface area contributed by atoms with Gasteiger partial charge in [0.2, 0.25) is 11.8 Å². The first kappa shape index (κ1) is 19.2. The van der Waals surface area contributed by atoms with Crippen LogP contribution >= 0.6 is 0 Å². The molecular formula is C17H29N3O3.